The first-order chi connectivity index (χ1) is 8.16. The fraction of sp³-hybridized carbons (Fsp3) is 0.0909. The molecule has 5 nitrogen and oxygen atoms in total. The van der Waals surface area contributed by atoms with Gasteiger partial charge in [0.2, 0.25) is 0 Å². The SMILES string of the molecule is Nc1cccc(CNc2nc[nH]c(=O)c2Br)c1. The van der Waals surface area contributed by atoms with Crippen LogP contribution < -0.4 is 16.6 Å². The molecular formula is C11H11BrN4O. The number of H-pyrrole nitrogens is 1. The number of nitrogens with zero attached hydrogens (tertiary/aromatic N) is 1. The molecule has 2 aromatic rings. The Kier molecular flexibility index (Phi) is 3.43. The van der Waals surface area contributed by atoms with E-state index >= 15 is 0 Å². The lowest BCUT2D eigenvalue weighted by Gasteiger charge is -2.07. The van der Waals surface area contributed by atoms with Crippen molar-refractivity contribution >= 4 is 27.4 Å². The molecule has 0 saturated carbocycles. The Balaban J connectivity index is 2.13. The van der Waals surface area contributed by atoms with Gasteiger partial charge >= 0.3 is 0 Å². The first-order valence-electron chi connectivity index (χ1n) is 4.98. The molecule has 0 aliphatic heterocycles. The fourth-order valence-electron chi connectivity index (χ4n) is 1.40. The Morgan fingerprint density at radius 2 is 2.29 bits per heavy atom. The van der Waals surface area contributed by atoms with E-state index in [0.717, 1.165) is 5.56 Å². The Morgan fingerprint density at radius 1 is 1.47 bits per heavy atom. The third-order valence-electron chi connectivity index (χ3n) is 2.21. The first-order valence-corrected chi connectivity index (χ1v) is 5.77. The van der Waals surface area contributed by atoms with Gasteiger partial charge in [0.15, 0.2) is 0 Å². The van der Waals surface area contributed by atoms with Crippen LogP contribution >= 0.6 is 15.9 Å². The number of rotatable bonds is 3. The highest BCUT2D eigenvalue weighted by Gasteiger charge is 2.04. The van der Waals surface area contributed by atoms with Crippen LogP contribution in [0.5, 0.6) is 0 Å². The standard InChI is InChI=1S/C11H11BrN4O/c12-9-10(15-6-16-11(9)17)14-5-7-2-1-3-8(13)4-7/h1-4,6H,5,13H2,(H2,14,15,16,17). The number of nitrogens with two attached hydrogens (primary N) is 1. The van der Waals surface area contributed by atoms with Crippen LogP contribution in [0.1, 0.15) is 5.56 Å². The number of benzene rings is 1. The van der Waals surface area contributed by atoms with Crippen LogP contribution in [0.2, 0.25) is 0 Å². The van der Waals surface area contributed by atoms with Gasteiger partial charge in [0.05, 0.1) is 6.33 Å². The second-order valence-electron chi connectivity index (χ2n) is 3.49. The van der Waals surface area contributed by atoms with Gasteiger partial charge < -0.3 is 16.0 Å². The number of hydrogen-bond donors (Lipinski definition) is 3. The van der Waals surface area contributed by atoms with Crippen LogP contribution in [0, 0.1) is 0 Å². The zero-order chi connectivity index (χ0) is 12.3. The minimum Gasteiger partial charge on any atom is -0.399 e. The van der Waals surface area contributed by atoms with Gasteiger partial charge in [-0.1, -0.05) is 12.1 Å². The van der Waals surface area contributed by atoms with Gasteiger partial charge in [-0.25, -0.2) is 4.98 Å². The van der Waals surface area contributed by atoms with Crippen LogP contribution in [0.4, 0.5) is 11.5 Å². The maximum atomic E-state index is 11.3. The second kappa shape index (κ2) is 5.01. The van der Waals surface area contributed by atoms with Crippen LogP contribution in [0.25, 0.3) is 0 Å². The number of aromatic amines is 1. The van der Waals surface area contributed by atoms with Crippen molar-refractivity contribution in [3.63, 3.8) is 0 Å². The molecule has 0 aliphatic carbocycles. The third kappa shape index (κ3) is 2.85. The zero-order valence-corrected chi connectivity index (χ0v) is 10.5. The predicted molar refractivity (Wildman–Crippen MR) is 70.7 cm³/mol. The van der Waals surface area contributed by atoms with Gasteiger partial charge in [0.1, 0.15) is 10.3 Å². The van der Waals surface area contributed by atoms with Crippen molar-refractivity contribution in [1.29, 1.82) is 0 Å². The molecule has 0 radical (unpaired) electrons. The molecule has 0 aliphatic rings. The molecule has 0 amide bonds. The molecule has 1 aromatic heterocycles. The highest BCUT2D eigenvalue weighted by molar-refractivity contribution is 9.10. The monoisotopic (exact) mass is 294 g/mol. The number of nitrogens with one attached hydrogen (secondary N) is 2. The Labute approximate surface area is 106 Å². The van der Waals surface area contributed by atoms with Crippen molar-refractivity contribution in [3.05, 3.63) is 51.0 Å². The van der Waals surface area contributed by atoms with E-state index in [1.54, 1.807) is 0 Å². The summed E-state index contributed by atoms with van der Waals surface area (Å²) in [6.45, 7) is 0.556. The Morgan fingerprint density at radius 3 is 3.06 bits per heavy atom. The number of halogens is 1. The van der Waals surface area contributed by atoms with Gasteiger partial charge in [-0.15, -0.1) is 0 Å². The summed E-state index contributed by atoms with van der Waals surface area (Å²) in [7, 11) is 0. The molecule has 6 heteroatoms. The van der Waals surface area contributed by atoms with Crippen molar-refractivity contribution in [1.82, 2.24) is 9.97 Å². The van der Waals surface area contributed by atoms with Crippen LogP contribution in [-0.4, -0.2) is 9.97 Å². The van der Waals surface area contributed by atoms with E-state index in [-0.39, 0.29) is 5.56 Å². The normalized spacial score (nSPS) is 10.2. The topological polar surface area (TPSA) is 83.8 Å². The van der Waals surface area contributed by atoms with E-state index in [9.17, 15) is 4.79 Å². The predicted octanol–water partition coefficient (Wildman–Crippen LogP) is 1.73. The number of aromatic nitrogens is 2. The number of hydrogen-bond acceptors (Lipinski definition) is 4. The number of nitrogen functional groups attached to an aromatic ring is 1. The summed E-state index contributed by atoms with van der Waals surface area (Å²) < 4.78 is 0.393. The van der Waals surface area contributed by atoms with Gasteiger partial charge in [-0.05, 0) is 33.6 Å². The molecule has 0 fully saturated rings. The van der Waals surface area contributed by atoms with Crippen LogP contribution in [0.15, 0.2) is 39.9 Å². The van der Waals surface area contributed by atoms with Crippen molar-refractivity contribution in [2.24, 2.45) is 0 Å². The smallest absolute Gasteiger partial charge is 0.267 e. The lowest BCUT2D eigenvalue weighted by Crippen LogP contribution is -2.12. The summed E-state index contributed by atoms with van der Waals surface area (Å²) in [6.07, 6.45) is 1.36. The Bertz CT molecular complexity index is 582. The molecule has 1 heterocycles. The maximum Gasteiger partial charge on any atom is 0.267 e. The molecule has 0 saturated heterocycles. The largest absolute Gasteiger partial charge is 0.399 e. The summed E-state index contributed by atoms with van der Waals surface area (Å²) in [5.74, 6) is 0.510. The van der Waals surface area contributed by atoms with Gasteiger partial charge in [0.25, 0.3) is 5.56 Å². The highest BCUT2D eigenvalue weighted by Crippen LogP contribution is 2.15. The second-order valence-corrected chi connectivity index (χ2v) is 4.29. The number of anilines is 2. The van der Waals surface area contributed by atoms with Crippen molar-refractivity contribution in [2.75, 3.05) is 11.1 Å². The van der Waals surface area contributed by atoms with E-state index in [1.165, 1.54) is 6.33 Å². The summed E-state index contributed by atoms with van der Waals surface area (Å²) in [5.41, 5.74) is 7.20. The zero-order valence-electron chi connectivity index (χ0n) is 8.90. The van der Waals surface area contributed by atoms with Crippen LogP contribution in [0.3, 0.4) is 0 Å². The summed E-state index contributed by atoms with van der Waals surface area (Å²) in [4.78, 5) is 17.8. The highest BCUT2D eigenvalue weighted by atomic mass is 79.9. The average molecular weight is 295 g/mol. The molecule has 0 unspecified atom stereocenters. The van der Waals surface area contributed by atoms with Gasteiger partial charge in [0, 0.05) is 12.2 Å². The van der Waals surface area contributed by atoms with E-state index in [2.05, 4.69) is 31.2 Å². The first kappa shape index (κ1) is 11.7. The summed E-state index contributed by atoms with van der Waals surface area (Å²) >= 11 is 3.17. The van der Waals surface area contributed by atoms with Gasteiger partial charge in [-0.2, -0.15) is 0 Å². The van der Waals surface area contributed by atoms with Crippen molar-refractivity contribution in [2.45, 2.75) is 6.54 Å². The van der Waals surface area contributed by atoms with E-state index in [4.69, 9.17) is 5.73 Å². The Hall–Kier alpha value is -1.82. The lowest BCUT2D eigenvalue weighted by atomic mass is 10.2. The summed E-state index contributed by atoms with van der Waals surface area (Å²) in [5, 5.41) is 3.06. The third-order valence-corrected chi connectivity index (χ3v) is 2.94. The molecule has 2 rings (SSSR count). The van der Waals surface area contributed by atoms with Crippen molar-refractivity contribution < 1.29 is 0 Å². The van der Waals surface area contributed by atoms with E-state index in [1.807, 2.05) is 24.3 Å². The molecular weight excluding hydrogens is 284 g/mol. The lowest BCUT2D eigenvalue weighted by molar-refractivity contribution is 1.05. The molecule has 0 bridgehead atoms. The van der Waals surface area contributed by atoms with E-state index in [0.29, 0.717) is 22.5 Å². The fourth-order valence-corrected chi connectivity index (χ4v) is 1.75. The molecule has 1 aromatic carbocycles. The quantitative estimate of drug-likeness (QED) is 0.753. The molecule has 17 heavy (non-hydrogen) atoms. The van der Waals surface area contributed by atoms with E-state index < -0.39 is 0 Å². The maximum absolute atomic E-state index is 11.3. The minimum atomic E-state index is -0.213. The molecule has 0 spiro atoms. The molecule has 4 N–H and O–H groups in total. The minimum absolute atomic E-state index is 0.213. The van der Waals surface area contributed by atoms with Gasteiger partial charge in [-0.3, -0.25) is 4.79 Å². The molecule has 88 valence electrons. The molecule has 0 atom stereocenters. The summed E-state index contributed by atoms with van der Waals surface area (Å²) in [6, 6.07) is 7.52. The van der Waals surface area contributed by atoms with Crippen LogP contribution in [-0.2, 0) is 6.54 Å². The van der Waals surface area contributed by atoms with Crippen molar-refractivity contribution in [3.8, 4) is 0 Å². The average Bonchev–Trinajstić information content (AvgIpc) is 2.31.